The molecular formula is C13H19N3O2S2. The number of carbonyl (C=O) groups excluding carboxylic acids is 1. The zero-order valence-electron chi connectivity index (χ0n) is 11.8. The quantitative estimate of drug-likeness (QED) is 0.629. The van der Waals surface area contributed by atoms with Gasteiger partial charge in [-0.25, -0.2) is 0 Å². The topological polar surface area (TPSA) is 55.3 Å². The Morgan fingerprint density at radius 1 is 1.45 bits per heavy atom. The van der Waals surface area contributed by atoms with E-state index in [9.17, 15) is 4.79 Å². The Kier molecular flexibility index (Phi) is 3.90. The Labute approximate surface area is 127 Å². The maximum atomic E-state index is 11.7. The second-order valence-corrected chi connectivity index (χ2v) is 7.90. The van der Waals surface area contributed by atoms with Gasteiger partial charge < -0.3 is 9.64 Å². The molecule has 0 radical (unpaired) electrons. The minimum atomic E-state index is -0.246. The van der Waals surface area contributed by atoms with Gasteiger partial charge in [-0.3, -0.25) is 4.79 Å². The predicted octanol–water partition coefficient (Wildman–Crippen LogP) is 2.57. The number of carbonyl (C=O) groups is 1. The minimum absolute atomic E-state index is 0.0243. The summed E-state index contributed by atoms with van der Waals surface area (Å²) in [6.07, 6.45) is 5.08. The van der Waals surface area contributed by atoms with Crippen LogP contribution in [0.3, 0.4) is 0 Å². The second kappa shape index (κ2) is 5.52. The van der Waals surface area contributed by atoms with Crippen LogP contribution < -0.4 is 4.90 Å². The summed E-state index contributed by atoms with van der Waals surface area (Å²) in [5.74, 6) is 1.19. The van der Waals surface area contributed by atoms with Gasteiger partial charge >= 0.3 is 5.97 Å². The van der Waals surface area contributed by atoms with Crippen LogP contribution in [0.2, 0.25) is 0 Å². The van der Waals surface area contributed by atoms with Gasteiger partial charge in [0.05, 0.1) is 6.42 Å². The number of hydrogen-bond donors (Lipinski definition) is 0. The van der Waals surface area contributed by atoms with Crippen LogP contribution in [0.1, 0.15) is 32.1 Å². The molecule has 20 heavy (non-hydrogen) atoms. The standard InChI is InChI=1S/C13H19N3O2S2/c1-16(2)11-14-15-12(20-11)19-8-13-6-4-3-5-9(13)7-10(17)18-13/h9H,3-8H2,1-2H3/t9-,13+/m0/s1. The first-order valence-corrected chi connectivity index (χ1v) is 8.75. The molecule has 110 valence electrons. The Balaban J connectivity index is 1.68. The fourth-order valence-electron chi connectivity index (χ4n) is 3.02. The molecular weight excluding hydrogens is 294 g/mol. The summed E-state index contributed by atoms with van der Waals surface area (Å²) in [5, 5.41) is 9.26. The molecule has 1 aliphatic heterocycles. The van der Waals surface area contributed by atoms with E-state index in [0.717, 1.165) is 34.5 Å². The van der Waals surface area contributed by atoms with Gasteiger partial charge in [0.1, 0.15) is 5.60 Å². The van der Waals surface area contributed by atoms with E-state index >= 15 is 0 Å². The summed E-state index contributed by atoms with van der Waals surface area (Å²) >= 11 is 3.26. The average molecular weight is 313 g/mol. The third-order valence-corrected chi connectivity index (χ3v) is 6.55. The highest BCUT2D eigenvalue weighted by Crippen LogP contribution is 2.47. The molecule has 2 fully saturated rings. The Morgan fingerprint density at radius 3 is 3.05 bits per heavy atom. The molecule has 5 nitrogen and oxygen atoms in total. The monoisotopic (exact) mass is 313 g/mol. The average Bonchev–Trinajstić information content (AvgIpc) is 2.99. The largest absolute Gasteiger partial charge is 0.458 e. The zero-order chi connectivity index (χ0) is 14.2. The molecule has 1 aromatic rings. The molecule has 0 aromatic carbocycles. The zero-order valence-corrected chi connectivity index (χ0v) is 13.4. The summed E-state index contributed by atoms with van der Waals surface area (Å²) in [7, 11) is 3.92. The van der Waals surface area contributed by atoms with Crippen molar-refractivity contribution in [1.82, 2.24) is 10.2 Å². The first kappa shape index (κ1) is 14.1. The molecule has 0 bridgehead atoms. The van der Waals surface area contributed by atoms with Gasteiger partial charge in [-0.15, -0.1) is 10.2 Å². The van der Waals surface area contributed by atoms with Crippen LogP contribution in [0, 0.1) is 5.92 Å². The van der Waals surface area contributed by atoms with Crippen molar-refractivity contribution in [1.29, 1.82) is 0 Å². The van der Waals surface area contributed by atoms with Crippen LogP contribution in [0.25, 0.3) is 0 Å². The molecule has 0 spiro atoms. The highest BCUT2D eigenvalue weighted by molar-refractivity contribution is 8.01. The fourth-order valence-corrected chi connectivity index (χ4v) is 5.06. The molecule has 2 atom stereocenters. The normalized spacial score (nSPS) is 29.1. The summed E-state index contributed by atoms with van der Waals surface area (Å²) < 4.78 is 6.67. The van der Waals surface area contributed by atoms with E-state index in [-0.39, 0.29) is 11.6 Å². The third-order valence-electron chi connectivity index (χ3n) is 4.10. The van der Waals surface area contributed by atoms with E-state index in [0.29, 0.717) is 12.3 Å². The van der Waals surface area contributed by atoms with Crippen molar-refractivity contribution in [2.75, 3.05) is 24.7 Å². The van der Waals surface area contributed by atoms with Gasteiger partial charge in [-0.2, -0.15) is 0 Å². The lowest BCUT2D eigenvalue weighted by molar-refractivity contribution is -0.148. The van der Waals surface area contributed by atoms with Crippen molar-refractivity contribution in [2.45, 2.75) is 42.0 Å². The van der Waals surface area contributed by atoms with E-state index in [2.05, 4.69) is 10.2 Å². The Bertz CT molecular complexity index is 506. The molecule has 0 unspecified atom stereocenters. The van der Waals surface area contributed by atoms with Gasteiger partial charge in [0.2, 0.25) is 5.13 Å². The lowest BCUT2D eigenvalue weighted by Gasteiger charge is -2.36. The van der Waals surface area contributed by atoms with Gasteiger partial charge in [-0.05, 0) is 19.3 Å². The highest BCUT2D eigenvalue weighted by atomic mass is 32.2. The molecule has 0 amide bonds. The van der Waals surface area contributed by atoms with Crippen molar-refractivity contribution in [3.63, 3.8) is 0 Å². The number of rotatable bonds is 4. The van der Waals surface area contributed by atoms with Crippen molar-refractivity contribution in [3.05, 3.63) is 0 Å². The van der Waals surface area contributed by atoms with E-state index in [1.165, 1.54) is 6.42 Å². The minimum Gasteiger partial charge on any atom is -0.458 e. The van der Waals surface area contributed by atoms with Crippen molar-refractivity contribution >= 4 is 34.2 Å². The van der Waals surface area contributed by atoms with Crippen molar-refractivity contribution < 1.29 is 9.53 Å². The summed E-state index contributed by atoms with van der Waals surface area (Å²) in [6.45, 7) is 0. The summed E-state index contributed by atoms with van der Waals surface area (Å²) in [4.78, 5) is 13.6. The van der Waals surface area contributed by atoms with Crippen LogP contribution >= 0.6 is 23.1 Å². The van der Waals surface area contributed by atoms with Crippen LogP contribution in [0.5, 0.6) is 0 Å². The van der Waals surface area contributed by atoms with E-state index in [1.807, 2.05) is 19.0 Å². The third kappa shape index (κ3) is 2.65. The lowest BCUT2D eigenvalue weighted by Crippen LogP contribution is -2.40. The van der Waals surface area contributed by atoms with Crippen molar-refractivity contribution in [2.24, 2.45) is 5.92 Å². The molecule has 1 aromatic heterocycles. The molecule has 1 saturated carbocycles. The molecule has 1 saturated heterocycles. The van der Waals surface area contributed by atoms with Gasteiger partial charge in [0.25, 0.3) is 0 Å². The number of fused-ring (bicyclic) bond motifs is 1. The molecule has 1 aliphatic carbocycles. The van der Waals surface area contributed by atoms with E-state index in [1.54, 1.807) is 23.1 Å². The Hall–Kier alpha value is -0.820. The number of aromatic nitrogens is 2. The number of anilines is 1. The maximum absolute atomic E-state index is 11.7. The first-order valence-electron chi connectivity index (χ1n) is 6.94. The molecule has 2 aliphatic rings. The van der Waals surface area contributed by atoms with Crippen LogP contribution in [0.4, 0.5) is 5.13 Å². The molecule has 0 N–H and O–H groups in total. The van der Waals surface area contributed by atoms with Crippen molar-refractivity contribution in [3.8, 4) is 0 Å². The lowest BCUT2D eigenvalue weighted by atomic mass is 9.76. The number of thioether (sulfide) groups is 1. The first-order chi connectivity index (χ1) is 9.59. The van der Waals surface area contributed by atoms with E-state index < -0.39 is 0 Å². The smallest absolute Gasteiger partial charge is 0.306 e. The molecule has 7 heteroatoms. The Morgan fingerprint density at radius 2 is 2.30 bits per heavy atom. The SMILES string of the molecule is CN(C)c1nnc(SC[C@]23CCCC[C@H]2CC(=O)O3)s1. The summed E-state index contributed by atoms with van der Waals surface area (Å²) in [6, 6.07) is 0. The summed E-state index contributed by atoms with van der Waals surface area (Å²) in [5.41, 5.74) is -0.246. The fraction of sp³-hybridized carbons (Fsp3) is 0.769. The predicted molar refractivity (Wildman–Crippen MR) is 80.4 cm³/mol. The van der Waals surface area contributed by atoms with E-state index in [4.69, 9.17) is 4.74 Å². The molecule has 3 rings (SSSR count). The number of nitrogens with zero attached hydrogens (tertiary/aromatic N) is 3. The van der Waals surface area contributed by atoms with Crippen LogP contribution in [-0.4, -0.2) is 41.6 Å². The maximum Gasteiger partial charge on any atom is 0.306 e. The van der Waals surface area contributed by atoms with Crippen LogP contribution in [-0.2, 0) is 9.53 Å². The van der Waals surface area contributed by atoms with Gasteiger partial charge in [0.15, 0.2) is 4.34 Å². The number of hydrogen-bond acceptors (Lipinski definition) is 7. The number of esters is 1. The second-order valence-electron chi connectivity index (χ2n) is 5.72. The van der Waals surface area contributed by atoms with Crippen LogP contribution in [0.15, 0.2) is 4.34 Å². The highest BCUT2D eigenvalue weighted by Gasteiger charge is 2.50. The van der Waals surface area contributed by atoms with Gasteiger partial charge in [-0.1, -0.05) is 29.5 Å². The number of ether oxygens (including phenoxy) is 1. The molecule has 2 heterocycles. The van der Waals surface area contributed by atoms with Gasteiger partial charge in [0, 0.05) is 25.8 Å².